The Kier molecular flexibility index (Phi) is 5.04. The molecule has 138 valence electrons. The zero-order chi connectivity index (χ0) is 17.6. The molecule has 24 heavy (non-hydrogen) atoms. The molecule has 0 unspecified atom stereocenters. The largest absolute Gasteiger partial charge is 0.411 e. The molecular weight excluding hydrogens is 320 g/mol. The van der Waals surface area contributed by atoms with Gasteiger partial charge in [-0.3, -0.25) is 0 Å². The molecule has 1 saturated heterocycles. The molecule has 1 saturated carbocycles. The van der Waals surface area contributed by atoms with Crippen LogP contribution in [0.3, 0.4) is 0 Å². The number of hydrogen-bond donors (Lipinski definition) is 1. The molecule has 1 aliphatic heterocycles. The molecule has 1 heterocycles. The van der Waals surface area contributed by atoms with Crippen LogP contribution in [0.15, 0.2) is 11.6 Å². The number of rotatable bonds is 3. The fourth-order valence-electron chi connectivity index (χ4n) is 3.86. The van der Waals surface area contributed by atoms with Crippen molar-refractivity contribution in [2.24, 2.45) is 0 Å². The molecule has 0 aromatic heterocycles. The summed E-state index contributed by atoms with van der Waals surface area (Å²) in [6, 6.07) is 0. The van der Waals surface area contributed by atoms with Crippen molar-refractivity contribution in [3.63, 3.8) is 0 Å². The number of fused-ring (bicyclic) bond motifs is 1. The molecule has 1 N–H and O–H groups in total. The lowest BCUT2D eigenvalue weighted by Gasteiger charge is -2.42. The van der Waals surface area contributed by atoms with Crippen LogP contribution in [0.4, 0.5) is 0 Å². The highest BCUT2D eigenvalue weighted by Gasteiger charge is 2.53. The average Bonchev–Trinajstić information content (AvgIpc) is 2.84. The lowest BCUT2D eigenvalue weighted by Crippen LogP contribution is -2.50. The molecule has 2 fully saturated rings. The normalized spacial score (nSPS) is 33.4. The van der Waals surface area contributed by atoms with Gasteiger partial charge >= 0.3 is 0 Å². The van der Waals surface area contributed by atoms with Gasteiger partial charge in [0.2, 0.25) is 0 Å². The van der Waals surface area contributed by atoms with Crippen LogP contribution in [0.5, 0.6) is 0 Å². The minimum Gasteiger partial charge on any atom is -0.411 e. The van der Waals surface area contributed by atoms with E-state index in [-0.39, 0.29) is 30.0 Å². The third-order valence-electron chi connectivity index (χ3n) is 6.33. The second-order valence-corrected chi connectivity index (χ2v) is 14.0. The number of ether oxygens (including phenoxy) is 2. The van der Waals surface area contributed by atoms with E-state index in [1.165, 1.54) is 19.3 Å². The van der Waals surface area contributed by atoms with E-state index in [0.29, 0.717) is 0 Å². The monoisotopic (exact) mass is 354 g/mol. The molecule has 5 heteroatoms. The molecule has 3 rings (SSSR count). The summed E-state index contributed by atoms with van der Waals surface area (Å²) >= 11 is 0. The van der Waals surface area contributed by atoms with E-state index in [9.17, 15) is 5.11 Å². The van der Waals surface area contributed by atoms with Gasteiger partial charge in [0.05, 0.1) is 12.7 Å². The average molecular weight is 355 g/mol. The fraction of sp³-hybridized carbons (Fsp3) is 0.895. The van der Waals surface area contributed by atoms with Gasteiger partial charge in [-0.2, -0.15) is 0 Å². The first-order valence-electron chi connectivity index (χ1n) is 9.50. The van der Waals surface area contributed by atoms with Crippen molar-refractivity contribution >= 4 is 8.32 Å². The minimum atomic E-state index is -1.90. The quantitative estimate of drug-likeness (QED) is 0.611. The predicted molar refractivity (Wildman–Crippen MR) is 97.4 cm³/mol. The summed E-state index contributed by atoms with van der Waals surface area (Å²) < 4.78 is 19.6. The Balaban J connectivity index is 1.81. The fourth-order valence-corrected chi connectivity index (χ4v) is 5.18. The van der Waals surface area contributed by atoms with Crippen molar-refractivity contribution in [2.45, 2.75) is 102 Å². The second kappa shape index (κ2) is 6.51. The van der Waals surface area contributed by atoms with Gasteiger partial charge < -0.3 is 19.0 Å². The third kappa shape index (κ3) is 3.51. The summed E-state index contributed by atoms with van der Waals surface area (Å²) in [4.78, 5) is 0. The van der Waals surface area contributed by atoms with Crippen LogP contribution >= 0.6 is 0 Å². The van der Waals surface area contributed by atoms with E-state index in [2.05, 4.69) is 39.9 Å². The Labute approximate surface area is 147 Å². The minimum absolute atomic E-state index is 0.00987. The van der Waals surface area contributed by atoms with Crippen molar-refractivity contribution in [3.05, 3.63) is 11.6 Å². The van der Waals surface area contributed by atoms with Gasteiger partial charge in [-0.1, -0.05) is 33.3 Å². The molecule has 1 spiro atoms. The van der Waals surface area contributed by atoms with Gasteiger partial charge in [0.25, 0.3) is 0 Å². The van der Waals surface area contributed by atoms with Crippen molar-refractivity contribution < 1.29 is 19.0 Å². The Morgan fingerprint density at radius 1 is 1.21 bits per heavy atom. The lowest BCUT2D eigenvalue weighted by atomic mass is 9.93. The maximum atomic E-state index is 9.68. The SMILES string of the molecule is CC(C)(C)[Si](C)(C)O[C@@H]1CC(CO)=C[C@@H]2OC3(CCCCC3)O[C@@H]21. The van der Waals surface area contributed by atoms with E-state index >= 15 is 0 Å². The topological polar surface area (TPSA) is 47.9 Å². The summed E-state index contributed by atoms with van der Waals surface area (Å²) in [7, 11) is -1.90. The van der Waals surface area contributed by atoms with Crippen LogP contribution < -0.4 is 0 Å². The molecule has 0 radical (unpaired) electrons. The first-order chi connectivity index (χ1) is 11.2. The number of aliphatic hydroxyl groups excluding tert-OH is 1. The second-order valence-electron chi connectivity index (χ2n) is 9.24. The molecular formula is C19H34O4Si. The molecule has 3 atom stereocenters. The van der Waals surface area contributed by atoms with Gasteiger partial charge in [-0.25, -0.2) is 0 Å². The van der Waals surface area contributed by atoms with E-state index in [1.807, 2.05) is 0 Å². The Hall–Kier alpha value is -0.203. The molecule has 2 aliphatic carbocycles. The Bertz CT molecular complexity index is 488. The van der Waals surface area contributed by atoms with E-state index < -0.39 is 14.1 Å². The summed E-state index contributed by atoms with van der Waals surface area (Å²) in [6.07, 6.45) is 8.29. The van der Waals surface area contributed by atoms with E-state index in [4.69, 9.17) is 13.9 Å². The van der Waals surface area contributed by atoms with Crippen LogP contribution in [0, 0.1) is 0 Å². The zero-order valence-corrected chi connectivity index (χ0v) is 16.9. The van der Waals surface area contributed by atoms with Crippen molar-refractivity contribution in [1.29, 1.82) is 0 Å². The van der Waals surface area contributed by atoms with E-state index in [1.54, 1.807) is 0 Å². The Morgan fingerprint density at radius 3 is 2.46 bits per heavy atom. The van der Waals surface area contributed by atoms with Gasteiger partial charge in [0.15, 0.2) is 14.1 Å². The van der Waals surface area contributed by atoms with Gasteiger partial charge in [0, 0.05) is 12.8 Å². The molecule has 0 aromatic rings. The maximum Gasteiger partial charge on any atom is 0.192 e. The van der Waals surface area contributed by atoms with Gasteiger partial charge in [-0.15, -0.1) is 0 Å². The zero-order valence-electron chi connectivity index (χ0n) is 15.9. The van der Waals surface area contributed by atoms with Crippen LogP contribution in [0.1, 0.15) is 59.3 Å². The van der Waals surface area contributed by atoms with Crippen LogP contribution in [-0.2, 0) is 13.9 Å². The summed E-state index contributed by atoms with van der Waals surface area (Å²) in [5, 5.41) is 9.84. The summed E-state index contributed by atoms with van der Waals surface area (Å²) in [5.41, 5.74) is 1.02. The number of aliphatic hydroxyl groups is 1. The van der Waals surface area contributed by atoms with Crippen molar-refractivity contribution in [1.82, 2.24) is 0 Å². The highest BCUT2D eigenvalue weighted by Crippen LogP contribution is 2.46. The highest BCUT2D eigenvalue weighted by molar-refractivity contribution is 6.74. The third-order valence-corrected chi connectivity index (χ3v) is 10.8. The lowest BCUT2D eigenvalue weighted by molar-refractivity contribution is -0.197. The highest BCUT2D eigenvalue weighted by atomic mass is 28.4. The summed E-state index contributed by atoms with van der Waals surface area (Å²) in [6.45, 7) is 11.4. The van der Waals surface area contributed by atoms with Crippen molar-refractivity contribution in [2.75, 3.05) is 6.61 Å². The molecule has 0 aromatic carbocycles. The Morgan fingerprint density at radius 2 is 1.88 bits per heavy atom. The van der Waals surface area contributed by atoms with E-state index in [0.717, 1.165) is 24.8 Å². The summed E-state index contributed by atoms with van der Waals surface area (Å²) in [5.74, 6) is -0.413. The van der Waals surface area contributed by atoms with Crippen LogP contribution in [0.25, 0.3) is 0 Å². The van der Waals surface area contributed by atoms with Crippen molar-refractivity contribution in [3.8, 4) is 0 Å². The van der Waals surface area contributed by atoms with Gasteiger partial charge in [0.1, 0.15) is 12.2 Å². The molecule has 0 bridgehead atoms. The standard InChI is InChI=1S/C19H34O4Si/c1-18(2,3)24(4,5)23-16-12-14(13-20)11-15-17(16)22-19(21-15)9-7-6-8-10-19/h11,15-17,20H,6-10,12-13H2,1-5H3/t15-,16+,17-/m0/s1. The van der Waals surface area contributed by atoms with Gasteiger partial charge in [-0.05, 0) is 43.0 Å². The van der Waals surface area contributed by atoms with Crippen LogP contribution in [-0.4, -0.2) is 44.1 Å². The molecule has 3 aliphatic rings. The maximum absolute atomic E-state index is 9.68. The smallest absolute Gasteiger partial charge is 0.192 e. The first-order valence-corrected chi connectivity index (χ1v) is 12.4. The number of hydrogen-bond acceptors (Lipinski definition) is 4. The van der Waals surface area contributed by atoms with Crippen LogP contribution in [0.2, 0.25) is 18.1 Å². The molecule has 4 nitrogen and oxygen atoms in total. The predicted octanol–water partition coefficient (Wildman–Crippen LogP) is 4.14. The first kappa shape index (κ1) is 18.6. The molecule has 0 amide bonds.